The Labute approximate surface area is 212 Å². The standard InChI is InChI=1S/C30H33N3O3/c1-20-14-16-22(17-15-20)18-32(21(2)29(35)31-24-10-4-3-5-11-24)27(34)19-33-26-13-7-9-23-8-6-12-25(28(23)26)30(33)36/h6-9,12-17,21,24H,3-5,10-11,18-19H2,1-2H3,(H,31,35)/t21-/m0/s1. The molecule has 1 heterocycles. The van der Waals surface area contributed by atoms with Gasteiger partial charge in [-0.05, 0) is 49.8 Å². The molecule has 36 heavy (non-hydrogen) atoms. The van der Waals surface area contributed by atoms with Crippen LogP contribution < -0.4 is 10.2 Å². The summed E-state index contributed by atoms with van der Waals surface area (Å²) < 4.78 is 0. The highest BCUT2D eigenvalue weighted by atomic mass is 16.2. The van der Waals surface area contributed by atoms with E-state index >= 15 is 0 Å². The molecule has 3 amide bonds. The van der Waals surface area contributed by atoms with E-state index in [1.807, 2.05) is 67.6 Å². The molecule has 1 aliphatic heterocycles. The molecule has 6 nitrogen and oxygen atoms in total. The van der Waals surface area contributed by atoms with Crippen LogP contribution in [0.4, 0.5) is 5.69 Å². The molecule has 2 aliphatic rings. The zero-order valence-electron chi connectivity index (χ0n) is 21.0. The molecule has 0 spiro atoms. The normalized spacial score (nSPS) is 16.3. The van der Waals surface area contributed by atoms with E-state index in [-0.39, 0.29) is 30.3 Å². The lowest BCUT2D eigenvalue weighted by atomic mass is 9.95. The number of carbonyl (C=O) groups excluding carboxylic acids is 3. The Morgan fingerprint density at radius 2 is 1.69 bits per heavy atom. The second-order valence-electron chi connectivity index (χ2n) is 10.1. The maximum Gasteiger partial charge on any atom is 0.259 e. The molecule has 1 fully saturated rings. The molecule has 3 aromatic rings. The van der Waals surface area contributed by atoms with Crippen LogP contribution in [0, 0.1) is 6.92 Å². The smallest absolute Gasteiger partial charge is 0.259 e. The van der Waals surface area contributed by atoms with Gasteiger partial charge in [0.25, 0.3) is 5.91 Å². The van der Waals surface area contributed by atoms with Gasteiger partial charge in [0.1, 0.15) is 12.6 Å². The summed E-state index contributed by atoms with van der Waals surface area (Å²) in [5.74, 6) is -0.565. The Balaban J connectivity index is 1.39. The van der Waals surface area contributed by atoms with Gasteiger partial charge in [-0.2, -0.15) is 0 Å². The number of hydrogen-bond donors (Lipinski definition) is 1. The topological polar surface area (TPSA) is 69.7 Å². The van der Waals surface area contributed by atoms with Crippen molar-refractivity contribution in [1.29, 1.82) is 0 Å². The van der Waals surface area contributed by atoms with Gasteiger partial charge in [0.2, 0.25) is 11.8 Å². The molecule has 1 N–H and O–H groups in total. The van der Waals surface area contributed by atoms with Gasteiger partial charge in [0.15, 0.2) is 0 Å². The van der Waals surface area contributed by atoms with Crippen LogP contribution in [0.5, 0.6) is 0 Å². The highest BCUT2D eigenvalue weighted by Crippen LogP contribution is 2.37. The van der Waals surface area contributed by atoms with Gasteiger partial charge in [-0.15, -0.1) is 0 Å². The van der Waals surface area contributed by atoms with Crippen LogP contribution in [0.25, 0.3) is 10.8 Å². The van der Waals surface area contributed by atoms with Gasteiger partial charge >= 0.3 is 0 Å². The minimum absolute atomic E-state index is 0.112. The highest BCUT2D eigenvalue weighted by molar-refractivity contribution is 6.26. The van der Waals surface area contributed by atoms with E-state index < -0.39 is 6.04 Å². The molecule has 0 radical (unpaired) electrons. The van der Waals surface area contributed by atoms with E-state index in [4.69, 9.17) is 0 Å². The van der Waals surface area contributed by atoms with Crippen molar-refractivity contribution in [2.24, 2.45) is 0 Å². The van der Waals surface area contributed by atoms with E-state index in [1.165, 1.54) is 6.42 Å². The van der Waals surface area contributed by atoms with E-state index in [0.717, 1.165) is 53.3 Å². The number of amides is 3. The molecule has 1 atom stereocenters. The zero-order valence-corrected chi connectivity index (χ0v) is 21.0. The zero-order chi connectivity index (χ0) is 25.2. The molecule has 186 valence electrons. The molecule has 0 aromatic heterocycles. The molecule has 3 aromatic carbocycles. The van der Waals surface area contributed by atoms with E-state index in [1.54, 1.807) is 16.7 Å². The number of nitrogens with zero attached hydrogens (tertiary/aromatic N) is 2. The largest absolute Gasteiger partial charge is 0.352 e. The second kappa shape index (κ2) is 10.1. The predicted molar refractivity (Wildman–Crippen MR) is 142 cm³/mol. The van der Waals surface area contributed by atoms with Crippen molar-refractivity contribution in [1.82, 2.24) is 10.2 Å². The summed E-state index contributed by atoms with van der Waals surface area (Å²) in [5, 5.41) is 5.03. The summed E-state index contributed by atoms with van der Waals surface area (Å²) in [6.07, 6.45) is 5.41. The van der Waals surface area contributed by atoms with Crippen LogP contribution in [0.2, 0.25) is 0 Å². The van der Waals surface area contributed by atoms with Crippen molar-refractivity contribution in [2.45, 2.75) is 64.6 Å². The summed E-state index contributed by atoms with van der Waals surface area (Å²) in [7, 11) is 0. The molecule has 0 saturated heterocycles. The third-order valence-corrected chi connectivity index (χ3v) is 7.53. The van der Waals surface area contributed by atoms with Crippen molar-refractivity contribution in [2.75, 3.05) is 11.4 Å². The lowest BCUT2D eigenvalue weighted by Gasteiger charge is -2.32. The summed E-state index contributed by atoms with van der Waals surface area (Å²) in [4.78, 5) is 43.5. The number of rotatable bonds is 7. The summed E-state index contributed by atoms with van der Waals surface area (Å²) >= 11 is 0. The Hall–Kier alpha value is -3.67. The minimum Gasteiger partial charge on any atom is -0.352 e. The molecule has 5 rings (SSSR count). The molecular weight excluding hydrogens is 450 g/mol. The van der Waals surface area contributed by atoms with Gasteiger partial charge in [-0.1, -0.05) is 73.4 Å². The Bertz CT molecular complexity index is 1290. The fourth-order valence-electron chi connectivity index (χ4n) is 5.40. The second-order valence-corrected chi connectivity index (χ2v) is 10.1. The average molecular weight is 484 g/mol. The summed E-state index contributed by atoms with van der Waals surface area (Å²) in [6.45, 7) is 3.99. The molecule has 0 bridgehead atoms. The lowest BCUT2D eigenvalue weighted by molar-refractivity contribution is -0.139. The molecule has 6 heteroatoms. The molecule has 1 saturated carbocycles. The minimum atomic E-state index is -0.656. The number of nitrogens with one attached hydrogen (secondary N) is 1. The first-order valence-corrected chi connectivity index (χ1v) is 12.9. The molecule has 0 unspecified atom stereocenters. The lowest BCUT2D eigenvalue weighted by Crippen LogP contribution is -2.52. The van der Waals surface area contributed by atoms with Gasteiger partial charge < -0.3 is 10.2 Å². The first kappa shape index (κ1) is 24.0. The maximum atomic E-state index is 13.8. The Kier molecular flexibility index (Phi) is 6.77. The van der Waals surface area contributed by atoms with E-state index in [2.05, 4.69) is 5.32 Å². The highest BCUT2D eigenvalue weighted by Gasteiger charge is 2.34. The quantitative estimate of drug-likeness (QED) is 0.516. The third-order valence-electron chi connectivity index (χ3n) is 7.53. The number of carbonyl (C=O) groups is 3. The van der Waals surface area contributed by atoms with Gasteiger partial charge in [-0.25, -0.2) is 0 Å². The van der Waals surface area contributed by atoms with Crippen molar-refractivity contribution in [3.63, 3.8) is 0 Å². The number of aryl methyl sites for hydroxylation is 1. The first-order chi connectivity index (χ1) is 17.4. The monoisotopic (exact) mass is 483 g/mol. The van der Waals surface area contributed by atoms with Crippen molar-refractivity contribution in [3.8, 4) is 0 Å². The van der Waals surface area contributed by atoms with Gasteiger partial charge in [0, 0.05) is 23.5 Å². The Morgan fingerprint density at radius 1 is 1.00 bits per heavy atom. The average Bonchev–Trinajstić information content (AvgIpc) is 3.16. The first-order valence-electron chi connectivity index (χ1n) is 12.9. The van der Waals surface area contributed by atoms with Crippen LogP contribution >= 0.6 is 0 Å². The van der Waals surface area contributed by atoms with E-state index in [9.17, 15) is 14.4 Å². The number of anilines is 1. The fourth-order valence-corrected chi connectivity index (χ4v) is 5.40. The van der Waals surface area contributed by atoms with E-state index in [0.29, 0.717) is 12.1 Å². The van der Waals surface area contributed by atoms with Crippen LogP contribution in [0.15, 0.2) is 60.7 Å². The van der Waals surface area contributed by atoms with Crippen LogP contribution in [-0.2, 0) is 16.1 Å². The van der Waals surface area contributed by atoms with Crippen LogP contribution in [0.3, 0.4) is 0 Å². The van der Waals surface area contributed by atoms with Crippen molar-refractivity contribution >= 4 is 34.2 Å². The third kappa shape index (κ3) is 4.72. The van der Waals surface area contributed by atoms with Gasteiger partial charge in [-0.3, -0.25) is 19.3 Å². The summed E-state index contributed by atoms with van der Waals surface area (Å²) in [5.41, 5.74) is 3.44. The summed E-state index contributed by atoms with van der Waals surface area (Å²) in [6, 6.07) is 18.9. The fraction of sp³-hybridized carbons (Fsp3) is 0.367. The van der Waals surface area contributed by atoms with Crippen molar-refractivity contribution < 1.29 is 14.4 Å². The Morgan fingerprint density at radius 3 is 2.42 bits per heavy atom. The van der Waals surface area contributed by atoms with Crippen molar-refractivity contribution in [3.05, 3.63) is 77.4 Å². The molecular formula is C30H33N3O3. The number of benzene rings is 3. The number of hydrogen-bond acceptors (Lipinski definition) is 3. The predicted octanol–water partition coefficient (Wildman–Crippen LogP) is 4.97. The SMILES string of the molecule is Cc1ccc(CN(C(=O)CN2C(=O)c3cccc4cccc2c34)[C@@H](C)C(=O)NC2CCCCC2)cc1. The molecule has 1 aliphatic carbocycles. The van der Waals surface area contributed by atoms with Gasteiger partial charge in [0.05, 0.1) is 5.69 Å². The van der Waals surface area contributed by atoms with Crippen LogP contribution in [-0.4, -0.2) is 41.2 Å². The van der Waals surface area contributed by atoms with Crippen LogP contribution in [0.1, 0.15) is 60.5 Å². The maximum absolute atomic E-state index is 13.8.